The Morgan fingerprint density at radius 1 is 1.35 bits per heavy atom. The van der Waals surface area contributed by atoms with E-state index in [4.69, 9.17) is 13.9 Å². The predicted octanol–water partition coefficient (Wildman–Crippen LogP) is 2.78. The number of ether oxygens (including phenoxy) is 2. The minimum absolute atomic E-state index is 0.115. The van der Waals surface area contributed by atoms with Crippen molar-refractivity contribution in [2.45, 2.75) is 13.0 Å². The molecule has 136 valence electrons. The molecule has 9 nitrogen and oxygen atoms in total. The van der Waals surface area contributed by atoms with Crippen LogP contribution in [0.25, 0.3) is 6.08 Å². The lowest BCUT2D eigenvalue weighted by molar-refractivity contribution is -0.384. The molecule has 1 heterocycles. The molecule has 1 atom stereocenters. The fourth-order valence-electron chi connectivity index (χ4n) is 1.93. The number of carbonyl (C=O) groups excluding carboxylic acids is 2. The smallest absolute Gasteiger partial charge is 0.331 e. The number of non-ortho nitro benzene ring substituents is 1. The van der Waals surface area contributed by atoms with Crippen LogP contribution in [-0.2, 0) is 14.3 Å². The lowest BCUT2D eigenvalue weighted by Gasteiger charge is -2.14. The van der Waals surface area contributed by atoms with E-state index in [1.54, 1.807) is 12.1 Å². The maximum atomic E-state index is 12.1. The first kappa shape index (κ1) is 18.7. The molecule has 0 fully saturated rings. The van der Waals surface area contributed by atoms with Gasteiger partial charge in [0.2, 0.25) is 0 Å². The maximum absolute atomic E-state index is 12.1. The Balaban J connectivity index is 1.98. The Hall–Kier alpha value is -3.62. The molecule has 9 heteroatoms. The number of amides is 1. The zero-order valence-electron chi connectivity index (χ0n) is 14.0. The number of nitro groups is 1. The van der Waals surface area contributed by atoms with Gasteiger partial charge in [-0.1, -0.05) is 0 Å². The average Bonchev–Trinajstić information content (AvgIpc) is 3.13. The van der Waals surface area contributed by atoms with Gasteiger partial charge in [0.15, 0.2) is 6.10 Å². The van der Waals surface area contributed by atoms with Gasteiger partial charge in [-0.25, -0.2) is 4.79 Å². The molecule has 1 N–H and O–H groups in total. The molecule has 0 spiro atoms. The number of nitro benzene ring substituents is 1. The molecule has 1 aromatic carbocycles. The molecule has 26 heavy (non-hydrogen) atoms. The summed E-state index contributed by atoms with van der Waals surface area (Å²) in [6.45, 7) is 1.39. The Morgan fingerprint density at radius 3 is 2.73 bits per heavy atom. The standard InChI is InChI=1S/C17H16N2O7/c1-11(26-16(20)8-6-13-4-3-9-25-13)17(21)18-14-7-5-12(19(22)23)10-15(14)24-2/h3-11H,1-2H3,(H,18,21)/b8-6+/t11-/m0/s1. The van der Waals surface area contributed by atoms with E-state index in [2.05, 4.69) is 5.32 Å². The zero-order valence-corrected chi connectivity index (χ0v) is 14.0. The van der Waals surface area contributed by atoms with Crippen LogP contribution in [0.3, 0.4) is 0 Å². The van der Waals surface area contributed by atoms with Gasteiger partial charge in [0.05, 0.1) is 30.1 Å². The molecule has 2 aromatic rings. The van der Waals surface area contributed by atoms with E-state index < -0.39 is 22.9 Å². The van der Waals surface area contributed by atoms with E-state index in [-0.39, 0.29) is 17.1 Å². The van der Waals surface area contributed by atoms with Gasteiger partial charge in [-0.3, -0.25) is 14.9 Å². The van der Waals surface area contributed by atoms with Crippen LogP contribution < -0.4 is 10.1 Å². The van der Waals surface area contributed by atoms with Crippen LogP contribution in [0.4, 0.5) is 11.4 Å². The van der Waals surface area contributed by atoms with Crippen LogP contribution >= 0.6 is 0 Å². The normalized spacial score (nSPS) is 11.8. The second kappa shape index (κ2) is 8.47. The molecular formula is C17H16N2O7. The monoisotopic (exact) mass is 360 g/mol. The minimum atomic E-state index is -1.09. The molecule has 1 amide bonds. The van der Waals surface area contributed by atoms with E-state index in [9.17, 15) is 19.7 Å². The first-order valence-corrected chi connectivity index (χ1v) is 7.46. The van der Waals surface area contributed by atoms with Gasteiger partial charge >= 0.3 is 5.97 Å². The number of nitrogens with one attached hydrogen (secondary N) is 1. The van der Waals surface area contributed by atoms with Gasteiger partial charge in [0.1, 0.15) is 11.5 Å². The largest absolute Gasteiger partial charge is 0.494 e. The summed E-state index contributed by atoms with van der Waals surface area (Å²) < 4.78 is 15.1. The van der Waals surface area contributed by atoms with Crippen LogP contribution in [0.5, 0.6) is 5.75 Å². The molecule has 0 radical (unpaired) electrons. The fraction of sp³-hybridized carbons (Fsp3) is 0.176. The Morgan fingerprint density at radius 2 is 2.12 bits per heavy atom. The number of benzene rings is 1. The molecule has 1 aromatic heterocycles. The molecule has 0 unspecified atom stereocenters. The van der Waals surface area contributed by atoms with Crippen molar-refractivity contribution in [3.63, 3.8) is 0 Å². The molecule has 0 aliphatic rings. The fourth-order valence-corrected chi connectivity index (χ4v) is 1.93. The summed E-state index contributed by atoms with van der Waals surface area (Å²) in [4.78, 5) is 34.1. The molecule has 0 bridgehead atoms. The van der Waals surface area contributed by atoms with E-state index in [0.717, 1.165) is 6.08 Å². The molecule has 0 aliphatic heterocycles. The van der Waals surface area contributed by atoms with Gasteiger partial charge in [0, 0.05) is 12.1 Å². The Bertz CT molecular complexity index is 828. The first-order valence-electron chi connectivity index (χ1n) is 7.46. The van der Waals surface area contributed by atoms with Crippen molar-refractivity contribution in [1.29, 1.82) is 0 Å². The number of methoxy groups -OCH3 is 1. The highest BCUT2D eigenvalue weighted by molar-refractivity contribution is 5.97. The van der Waals surface area contributed by atoms with Gasteiger partial charge in [0.25, 0.3) is 11.6 Å². The van der Waals surface area contributed by atoms with E-state index in [0.29, 0.717) is 5.76 Å². The number of esters is 1. The average molecular weight is 360 g/mol. The molecule has 0 saturated heterocycles. The molecular weight excluding hydrogens is 344 g/mol. The van der Waals surface area contributed by atoms with Crippen molar-refractivity contribution in [1.82, 2.24) is 0 Å². The summed E-state index contributed by atoms with van der Waals surface area (Å²) in [7, 11) is 1.32. The highest BCUT2D eigenvalue weighted by Crippen LogP contribution is 2.29. The topological polar surface area (TPSA) is 121 Å². The second-order valence-corrected chi connectivity index (χ2v) is 5.06. The van der Waals surface area contributed by atoms with Crippen molar-refractivity contribution in [2.24, 2.45) is 0 Å². The number of hydrogen-bond acceptors (Lipinski definition) is 7. The number of rotatable bonds is 7. The van der Waals surface area contributed by atoms with Crippen molar-refractivity contribution in [2.75, 3.05) is 12.4 Å². The number of hydrogen-bond donors (Lipinski definition) is 1. The lowest BCUT2D eigenvalue weighted by atomic mass is 10.2. The van der Waals surface area contributed by atoms with E-state index in [1.807, 2.05) is 0 Å². The lowest BCUT2D eigenvalue weighted by Crippen LogP contribution is -2.29. The van der Waals surface area contributed by atoms with E-state index in [1.165, 1.54) is 44.6 Å². The first-order chi connectivity index (χ1) is 12.4. The summed E-state index contributed by atoms with van der Waals surface area (Å²) in [5.74, 6) is -0.755. The Labute approximate surface area is 148 Å². The van der Waals surface area contributed by atoms with Gasteiger partial charge in [-0.2, -0.15) is 0 Å². The molecule has 0 aliphatic carbocycles. The third-order valence-corrected chi connectivity index (χ3v) is 3.24. The summed E-state index contributed by atoms with van der Waals surface area (Å²) in [5, 5.41) is 13.3. The third kappa shape index (κ3) is 4.94. The maximum Gasteiger partial charge on any atom is 0.331 e. The van der Waals surface area contributed by atoms with Crippen molar-refractivity contribution in [3.8, 4) is 5.75 Å². The SMILES string of the molecule is COc1cc([N+](=O)[O-])ccc1NC(=O)[C@H](C)OC(=O)/C=C/c1ccco1. The van der Waals surface area contributed by atoms with Crippen LogP contribution in [0.1, 0.15) is 12.7 Å². The summed E-state index contributed by atoms with van der Waals surface area (Å²) >= 11 is 0. The van der Waals surface area contributed by atoms with Crippen molar-refractivity contribution < 1.29 is 28.4 Å². The zero-order chi connectivity index (χ0) is 19.1. The summed E-state index contributed by atoms with van der Waals surface area (Å²) in [6.07, 6.45) is 2.91. The van der Waals surface area contributed by atoms with Crippen molar-refractivity contribution >= 4 is 29.3 Å². The van der Waals surface area contributed by atoms with Gasteiger partial charge in [-0.05, 0) is 31.2 Å². The highest BCUT2D eigenvalue weighted by atomic mass is 16.6. The quantitative estimate of drug-likeness (QED) is 0.349. The van der Waals surface area contributed by atoms with Crippen LogP contribution in [-0.4, -0.2) is 30.0 Å². The second-order valence-electron chi connectivity index (χ2n) is 5.06. The number of nitrogens with zero attached hydrogens (tertiary/aromatic N) is 1. The Kier molecular flexibility index (Phi) is 6.10. The summed E-state index contributed by atoms with van der Waals surface area (Å²) in [5.41, 5.74) is 0.0412. The van der Waals surface area contributed by atoms with E-state index >= 15 is 0 Å². The van der Waals surface area contributed by atoms with Crippen molar-refractivity contribution in [3.05, 3.63) is 58.5 Å². The van der Waals surface area contributed by atoms with Crippen LogP contribution in [0.2, 0.25) is 0 Å². The molecule has 2 rings (SSSR count). The van der Waals surface area contributed by atoms with Gasteiger partial charge < -0.3 is 19.2 Å². The summed E-state index contributed by atoms with van der Waals surface area (Å²) in [6, 6.07) is 7.05. The number of anilines is 1. The highest BCUT2D eigenvalue weighted by Gasteiger charge is 2.19. The number of furan rings is 1. The van der Waals surface area contributed by atoms with Crippen LogP contribution in [0, 0.1) is 10.1 Å². The third-order valence-electron chi connectivity index (χ3n) is 3.24. The predicted molar refractivity (Wildman–Crippen MR) is 91.6 cm³/mol. The molecule has 0 saturated carbocycles. The van der Waals surface area contributed by atoms with Gasteiger partial charge in [-0.15, -0.1) is 0 Å². The number of carbonyl (C=O) groups is 2. The van der Waals surface area contributed by atoms with Crippen LogP contribution in [0.15, 0.2) is 47.1 Å². The minimum Gasteiger partial charge on any atom is -0.494 e.